The van der Waals surface area contributed by atoms with Crippen molar-refractivity contribution in [1.29, 1.82) is 0 Å². The first-order valence-corrected chi connectivity index (χ1v) is 8.83. The maximum Gasteiger partial charge on any atom is 0.223 e. The lowest BCUT2D eigenvalue weighted by Gasteiger charge is -2.39. The summed E-state index contributed by atoms with van der Waals surface area (Å²) in [6, 6.07) is 0.725. The Bertz CT molecular complexity index is 419. The van der Waals surface area contributed by atoms with E-state index in [0.29, 0.717) is 35.1 Å². The van der Waals surface area contributed by atoms with Crippen molar-refractivity contribution < 1.29 is 4.79 Å². The molecule has 4 atom stereocenters. The van der Waals surface area contributed by atoms with Gasteiger partial charge < -0.3 is 10.6 Å². The van der Waals surface area contributed by atoms with Gasteiger partial charge in [0.15, 0.2) is 0 Å². The molecule has 4 unspecified atom stereocenters. The molecule has 3 heteroatoms. The van der Waals surface area contributed by atoms with Crippen LogP contribution in [0.2, 0.25) is 0 Å². The summed E-state index contributed by atoms with van der Waals surface area (Å²) in [4.78, 5) is 15.0. The second-order valence-corrected chi connectivity index (χ2v) is 9.15. The zero-order valence-corrected chi connectivity index (χ0v) is 14.0. The quantitative estimate of drug-likeness (QED) is 0.848. The van der Waals surface area contributed by atoms with Crippen LogP contribution in [0.1, 0.15) is 72.1 Å². The summed E-state index contributed by atoms with van der Waals surface area (Å²) >= 11 is 0. The standard InChI is InChI=1S/C18H32N2O/c1-17(2)9-14-10-18(3,11-17)12-20(14)16(21)8-13-6-4-5-7-15(13)19/h13-15H,4-12,19H2,1-3H3. The van der Waals surface area contributed by atoms with Crippen LogP contribution in [0.5, 0.6) is 0 Å². The molecule has 1 heterocycles. The Kier molecular flexibility index (Phi) is 3.84. The number of fused-ring (bicyclic) bond motifs is 2. The molecule has 2 bridgehead atoms. The lowest BCUT2D eigenvalue weighted by atomic mass is 9.65. The number of carbonyl (C=O) groups excluding carboxylic acids is 1. The van der Waals surface area contributed by atoms with Crippen molar-refractivity contribution >= 4 is 5.91 Å². The molecule has 1 aliphatic heterocycles. The first-order chi connectivity index (χ1) is 9.78. The van der Waals surface area contributed by atoms with Gasteiger partial charge in [-0.15, -0.1) is 0 Å². The van der Waals surface area contributed by atoms with Gasteiger partial charge in [0.1, 0.15) is 0 Å². The van der Waals surface area contributed by atoms with E-state index in [2.05, 4.69) is 25.7 Å². The predicted molar refractivity (Wildman–Crippen MR) is 85.8 cm³/mol. The van der Waals surface area contributed by atoms with Crippen molar-refractivity contribution in [2.75, 3.05) is 6.54 Å². The number of nitrogens with zero attached hydrogens (tertiary/aromatic N) is 1. The maximum atomic E-state index is 12.8. The highest BCUT2D eigenvalue weighted by atomic mass is 16.2. The third kappa shape index (κ3) is 3.13. The van der Waals surface area contributed by atoms with E-state index < -0.39 is 0 Å². The molecule has 0 spiro atoms. The van der Waals surface area contributed by atoms with Crippen molar-refractivity contribution in [2.45, 2.75) is 84.2 Å². The van der Waals surface area contributed by atoms with Gasteiger partial charge in [0.2, 0.25) is 5.91 Å². The van der Waals surface area contributed by atoms with Gasteiger partial charge in [0.25, 0.3) is 0 Å². The second-order valence-electron chi connectivity index (χ2n) is 9.15. The molecule has 120 valence electrons. The van der Waals surface area contributed by atoms with E-state index in [1.807, 2.05) is 0 Å². The Morgan fingerprint density at radius 3 is 2.62 bits per heavy atom. The average Bonchev–Trinajstić information content (AvgIpc) is 2.61. The van der Waals surface area contributed by atoms with Crippen molar-refractivity contribution in [3.63, 3.8) is 0 Å². The summed E-state index contributed by atoms with van der Waals surface area (Å²) in [5.74, 6) is 0.802. The molecule has 1 saturated heterocycles. The highest BCUT2D eigenvalue weighted by molar-refractivity contribution is 5.77. The molecule has 0 aromatic rings. The first-order valence-electron chi connectivity index (χ1n) is 8.83. The third-order valence-corrected chi connectivity index (χ3v) is 6.14. The Hall–Kier alpha value is -0.570. The fourth-order valence-corrected chi connectivity index (χ4v) is 5.58. The minimum Gasteiger partial charge on any atom is -0.339 e. The molecular weight excluding hydrogens is 260 g/mol. The zero-order chi connectivity index (χ0) is 15.3. The van der Waals surface area contributed by atoms with E-state index in [-0.39, 0.29) is 6.04 Å². The highest BCUT2D eigenvalue weighted by Gasteiger charge is 2.51. The smallest absolute Gasteiger partial charge is 0.223 e. The van der Waals surface area contributed by atoms with Gasteiger partial charge in [-0.1, -0.05) is 33.6 Å². The van der Waals surface area contributed by atoms with Gasteiger partial charge in [0, 0.05) is 25.0 Å². The number of amides is 1. The van der Waals surface area contributed by atoms with Gasteiger partial charge in [-0.3, -0.25) is 4.79 Å². The summed E-state index contributed by atoms with van der Waals surface area (Å²) in [6.45, 7) is 8.08. The number of nitrogens with two attached hydrogens (primary N) is 1. The van der Waals surface area contributed by atoms with Gasteiger partial charge >= 0.3 is 0 Å². The van der Waals surface area contributed by atoms with E-state index in [1.165, 1.54) is 32.1 Å². The number of hydrogen-bond acceptors (Lipinski definition) is 2. The Morgan fingerprint density at radius 1 is 1.19 bits per heavy atom. The Labute approximate surface area is 129 Å². The van der Waals surface area contributed by atoms with Gasteiger partial charge in [-0.2, -0.15) is 0 Å². The third-order valence-electron chi connectivity index (χ3n) is 6.14. The summed E-state index contributed by atoms with van der Waals surface area (Å²) in [5.41, 5.74) is 6.96. The fraction of sp³-hybridized carbons (Fsp3) is 0.944. The summed E-state index contributed by atoms with van der Waals surface area (Å²) < 4.78 is 0. The first kappa shape index (κ1) is 15.3. The van der Waals surface area contributed by atoms with Crippen molar-refractivity contribution in [3.8, 4) is 0 Å². The average molecular weight is 292 g/mol. The molecule has 3 rings (SSSR count). The van der Waals surface area contributed by atoms with Crippen molar-refractivity contribution in [2.24, 2.45) is 22.5 Å². The van der Waals surface area contributed by atoms with Crippen molar-refractivity contribution in [3.05, 3.63) is 0 Å². The van der Waals surface area contributed by atoms with Crippen LogP contribution in [0.4, 0.5) is 0 Å². The van der Waals surface area contributed by atoms with Gasteiger partial charge in [-0.05, 0) is 48.9 Å². The lowest BCUT2D eigenvalue weighted by Crippen LogP contribution is -2.41. The van der Waals surface area contributed by atoms with Crippen LogP contribution in [0, 0.1) is 16.7 Å². The normalized spacial score (nSPS) is 42.1. The van der Waals surface area contributed by atoms with Crippen LogP contribution in [-0.4, -0.2) is 29.4 Å². The number of carbonyl (C=O) groups is 1. The van der Waals surface area contributed by atoms with E-state index in [4.69, 9.17) is 5.73 Å². The van der Waals surface area contributed by atoms with Crippen LogP contribution >= 0.6 is 0 Å². The van der Waals surface area contributed by atoms with Crippen LogP contribution in [0.3, 0.4) is 0 Å². The van der Waals surface area contributed by atoms with Gasteiger partial charge in [-0.25, -0.2) is 0 Å². The Balaban J connectivity index is 1.66. The zero-order valence-electron chi connectivity index (χ0n) is 14.0. The van der Waals surface area contributed by atoms with E-state index in [9.17, 15) is 4.79 Å². The minimum absolute atomic E-state index is 0.247. The van der Waals surface area contributed by atoms with E-state index in [0.717, 1.165) is 19.4 Å². The summed E-state index contributed by atoms with van der Waals surface area (Å²) in [7, 11) is 0. The van der Waals surface area contributed by atoms with Crippen molar-refractivity contribution in [1.82, 2.24) is 4.90 Å². The SMILES string of the molecule is CC1(C)CC2CC(C)(CN2C(=O)CC2CCCCC2N)C1. The topological polar surface area (TPSA) is 46.3 Å². The molecule has 0 aromatic carbocycles. The van der Waals surface area contributed by atoms with E-state index in [1.54, 1.807) is 0 Å². The van der Waals surface area contributed by atoms with Crippen LogP contribution in [0.25, 0.3) is 0 Å². The molecule has 0 radical (unpaired) electrons. The number of likely N-dealkylation sites (tertiary alicyclic amines) is 1. The molecule has 0 aromatic heterocycles. The molecule has 2 aliphatic carbocycles. The van der Waals surface area contributed by atoms with Crippen LogP contribution in [-0.2, 0) is 4.79 Å². The van der Waals surface area contributed by atoms with Crippen LogP contribution < -0.4 is 5.73 Å². The predicted octanol–water partition coefficient (Wildman–Crippen LogP) is 3.32. The number of hydrogen-bond donors (Lipinski definition) is 1. The molecule has 3 nitrogen and oxygen atoms in total. The largest absolute Gasteiger partial charge is 0.339 e. The Morgan fingerprint density at radius 2 is 1.90 bits per heavy atom. The molecular formula is C18H32N2O. The number of rotatable bonds is 2. The molecule has 2 N–H and O–H groups in total. The van der Waals surface area contributed by atoms with Crippen LogP contribution in [0.15, 0.2) is 0 Å². The lowest BCUT2D eigenvalue weighted by molar-refractivity contribution is -0.133. The highest BCUT2D eigenvalue weighted by Crippen LogP contribution is 2.52. The monoisotopic (exact) mass is 292 g/mol. The molecule has 3 fully saturated rings. The molecule has 21 heavy (non-hydrogen) atoms. The van der Waals surface area contributed by atoms with Gasteiger partial charge in [0.05, 0.1) is 0 Å². The van der Waals surface area contributed by atoms with E-state index >= 15 is 0 Å². The summed E-state index contributed by atoms with van der Waals surface area (Å²) in [6.07, 6.45) is 9.06. The molecule has 3 aliphatic rings. The summed E-state index contributed by atoms with van der Waals surface area (Å²) in [5, 5.41) is 0. The second kappa shape index (κ2) is 5.26. The molecule has 2 saturated carbocycles. The molecule has 1 amide bonds. The maximum absolute atomic E-state index is 12.8. The fourth-order valence-electron chi connectivity index (χ4n) is 5.58. The minimum atomic E-state index is 0.247.